The summed E-state index contributed by atoms with van der Waals surface area (Å²) in [5, 5.41) is 4.65. The van der Waals surface area contributed by atoms with Gasteiger partial charge in [0.05, 0.1) is 12.0 Å². The largest absolute Gasteiger partial charge is 0.336 e. The molecule has 0 bridgehead atoms. The van der Waals surface area contributed by atoms with Crippen LogP contribution in [0.3, 0.4) is 0 Å². The molecule has 1 saturated heterocycles. The lowest BCUT2D eigenvalue weighted by atomic mass is 9.87. The zero-order valence-electron chi connectivity index (χ0n) is 17.2. The van der Waals surface area contributed by atoms with Crippen LogP contribution in [0.15, 0.2) is 84.9 Å². The van der Waals surface area contributed by atoms with E-state index in [-0.39, 0.29) is 18.0 Å². The Labute approximate surface area is 182 Å². The summed E-state index contributed by atoms with van der Waals surface area (Å²) in [6, 6.07) is 27.2. The molecule has 0 radical (unpaired) electrons. The third-order valence-electron chi connectivity index (χ3n) is 6.30. The monoisotopic (exact) mass is 411 g/mol. The van der Waals surface area contributed by atoms with Gasteiger partial charge in [0, 0.05) is 6.04 Å². The molecule has 2 N–H and O–H groups in total. The van der Waals surface area contributed by atoms with Crippen LogP contribution in [0.1, 0.15) is 40.6 Å². The number of benzene rings is 3. The first kappa shape index (κ1) is 19.4. The molecule has 0 aromatic heterocycles. The molecule has 0 saturated carbocycles. The SMILES string of the molecule is O=C1NN(C(=O)NC2CCc3ccccc3C2)C(c2ccccc2)C1c1ccccc1. The molecule has 1 aliphatic heterocycles. The normalized spacial score (nSPS) is 22.5. The van der Waals surface area contributed by atoms with Gasteiger partial charge in [0.15, 0.2) is 0 Å². The zero-order chi connectivity index (χ0) is 21.2. The fourth-order valence-electron chi connectivity index (χ4n) is 4.78. The summed E-state index contributed by atoms with van der Waals surface area (Å²) >= 11 is 0. The predicted octanol–water partition coefficient (Wildman–Crippen LogP) is 4.13. The molecule has 31 heavy (non-hydrogen) atoms. The number of fused-ring (bicyclic) bond motifs is 1. The second-order valence-corrected chi connectivity index (χ2v) is 8.25. The van der Waals surface area contributed by atoms with Crippen LogP contribution in [0.5, 0.6) is 0 Å². The van der Waals surface area contributed by atoms with Crippen molar-refractivity contribution < 1.29 is 9.59 Å². The molecule has 3 amide bonds. The van der Waals surface area contributed by atoms with E-state index in [0.29, 0.717) is 0 Å². The van der Waals surface area contributed by atoms with E-state index in [9.17, 15) is 9.59 Å². The topological polar surface area (TPSA) is 61.4 Å². The quantitative estimate of drug-likeness (QED) is 0.681. The lowest BCUT2D eigenvalue weighted by molar-refractivity contribution is -0.121. The Morgan fingerprint density at radius 2 is 1.45 bits per heavy atom. The van der Waals surface area contributed by atoms with E-state index < -0.39 is 12.0 Å². The third kappa shape index (κ3) is 3.79. The Kier molecular flexibility index (Phi) is 5.16. The van der Waals surface area contributed by atoms with E-state index in [1.165, 1.54) is 16.1 Å². The van der Waals surface area contributed by atoms with Crippen molar-refractivity contribution in [3.8, 4) is 0 Å². The van der Waals surface area contributed by atoms with Crippen LogP contribution >= 0.6 is 0 Å². The van der Waals surface area contributed by atoms with Crippen LogP contribution < -0.4 is 10.7 Å². The maximum absolute atomic E-state index is 13.3. The molecule has 1 heterocycles. The lowest BCUT2D eigenvalue weighted by Gasteiger charge is -2.30. The third-order valence-corrected chi connectivity index (χ3v) is 6.30. The second-order valence-electron chi connectivity index (χ2n) is 8.25. The number of aryl methyl sites for hydroxylation is 1. The van der Waals surface area contributed by atoms with Gasteiger partial charge >= 0.3 is 6.03 Å². The summed E-state index contributed by atoms with van der Waals surface area (Å²) in [5.41, 5.74) is 7.31. The summed E-state index contributed by atoms with van der Waals surface area (Å²) in [6.45, 7) is 0. The Balaban J connectivity index is 1.41. The summed E-state index contributed by atoms with van der Waals surface area (Å²) in [4.78, 5) is 26.3. The van der Waals surface area contributed by atoms with Crippen molar-refractivity contribution in [3.05, 3.63) is 107 Å². The second kappa shape index (κ2) is 8.26. The lowest BCUT2D eigenvalue weighted by Crippen LogP contribution is -2.50. The van der Waals surface area contributed by atoms with Crippen molar-refractivity contribution in [2.75, 3.05) is 0 Å². The highest BCUT2D eigenvalue weighted by atomic mass is 16.2. The van der Waals surface area contributed by atoms with Gasteiger partial charge in [-0.15, -0.1) is 0 Å². The van der Waals surface area contributed by atoms with E-state index in [1.807, 2.05) is 66.7 Å². The van der Waals surface area contributed by atoms with Gasteiger partial charge in [0.25, 0.3) is 0 Å². The standard InChI is InChI=1S/C26H25N3O2/c30-25-23(19-10-3-1-4-11-19)24(20-12-5-2-6-13-20)29(28-25)26(31)27-22-16-15-18-9-7-8-14-21(18)17-22/h1-14,22-24H,15-17H2,(H,27,31)(H,28,30). The van der Waals surface area contributed by atoms with Crippen LogP contribution in [0.4, 0.5) is 4.79 Å². The number of urea groups is 1. The fraction of sp³-hybridized carbons (Fsp3) is 0.231. The number of nitrogens with one attached hydrogen (secondary N) is 2. The van der Waals surface area contributed by atoms with Crippen LogP contribution in [-0.2, 0) is 17.6 Å². The van der Waals surface area contributed by atoms with Crippen LogP contribution in [0.2, 0.25) is 0 Å². The average Bonchev–Trinajstić information content (AvgIpc) is 3.17. The van der Waals surface area contributed by atoms with Crippen LogP contribution in [0.25, 0.3) is 0 Å². The van der Waals surface area contributed by atoms with Crippen molar-refractivity contribution in [1.29, 1.82) is 0 Å². The molecule has 1 fully saturated rings. The van der Waals surface area contributed by atoms with Crippen molar-refractivity contribution in [2.45, 2.75) is 37.3 Å². The minimum atomic E-state index is -0.457. The summed E-state index contributed by atoms with van der Waals surface area (Å²) in [5.74, 6) is -0.620. The molecule has 1 aliphatic carbocycles. The molecule has 3 atom stereocenters. The smallest absolute Gasteiger partial charge is 0.333 e. The number of amides is 3. The molecule has 5 heteroatoms. The van der Waals surface area contributed by atoms with E-state index in [2.05, 4.69) is 28.9 Å². The Morgan fingerprint density at radius 1 is 0.839 bits per heavy atom. The van der Waals surface area contributed by atoms with Crippen LogP contribution in [-0.4, -0.2) is 23.0 Å². The van der Waals surface area contributed by atoms with Crippen LogP contribution in [0, 0.1) is 0 Å². The van der Waals surface area contributed by atoms with Gasteiger partial charge in [0.2, 0.25) is 5.91 Å². The molecular formula is C26H25N3O2. The Bertz CT molecular complexity index is 1080. The van der Waals surface area contributed by atoms with Gasteiger partial charge in [-0.3, -0.25) is 10.2 Å². The number of hydrogen-bond donors (Lipinski definition) is 2. The molecule has 5 rings (SSSR count). The summed E-state index contributed by atoms with van der Waals surface area (Å²) in [7, 11) is 0. The van der Waals surface area contributed by atoms with E-state index >= 15 is 0 Å². The maximum Gasteiger partial charge on any atom is 0.336 e. The van der Waals surface area contributed by atoms with Crippen molar-refractivity contribution in [1.82, 2.24) is 15.8 Å². The van der Waals surface area contributed by atoms with Gasteiger partial charge in [0.1, 0.15) is 0 Å². The van der Waals surface area contributed by atoms with Crippen molar-refractivity contribution in [3.63, 3.8) is 0 Å². The molecule has 3 aromatic rings. The molecule has 0 spiro atoms. The number of rotatable bonds is 3. The first-order chi connectivity index (χ1) is 15.2. The number of carbonyl (C=O) groups excluding carboxylic acids is 2. The van der Waals surface area contributed by atoms with Gasteiger partial charge in [-0.2, -0.15) is 0 Å². The van der Waals surface area contributed by atoms with Crippen molar-refractivity contribution >= 4 is 11.9 Å². The summed E-state index contributed by atoms with van der Waals surface area (Å²) < 4.78 is 0. The molecule has 2 aliphatic rings. The van der Waals surface area contributed by atoms with Gasteiger partial charge < -0.3 is 5.32 Å². The molecule has 3 unspecified atom stereocenters. The zero-order valence-corrected chi connectivity index (χ0v) is 17.2. The number of hydrogen-bond acceptors (Lipinski definition) is 2. The molecule has 5 nitrogen and oxygen atoms in total. The number of nitrogens with zero attached hydrogens (tertiary/aromatic N) is 1. The molecule has 156 valence electrons. The average molecular weight is 412 g/mol. The van der Waals surface area contributed by atoms with Gasteiger partial charge in [-0.05, 0) is 41.5 Å². The van der Waals surface area contributed by atoms with E-state index in [4.69, 9.17) is 0 Å². The number of hydrazine groups is 1. The maximum atomic E-state index is 13.3. The van der Waals surface area contributed by atoms with Crippen molar-refractivity contribution in [2.24, 2.45) is 0 Å². The summed E-state index contributed by atoms with van der Waals surface area (Å²) in [6.07, 6.45) is 2.65. The Morgan fingerprint density at radius 3 is 2.16 bits per heavy atom. The number of carbonyl (C=O) groups is 2. The highest BCUT2D eigenvalue weighted by Gasteiger charge is 2.45. The molecular weight excluding hydrogens is 386 g/mol. The van der Waals surface area contributed by atoms with E-state index in [1.54, 1.807) is 0 Å². The highest BCUT2D eigenvalue weighted by molar-refractivity contribution is 5.91. The van der Waals surface area contributed by atoms with Gasteiger partial charge in [-0.25, -0.2) is 9.80 Å². The minimum Gasteiger partial charge on any atom is -0.333 e. The highest BCUT2D eigenvalue weighted by Crippen LogP contribution is 2.39. The van der Waals surface area contributed by atoms with Gasteiger partial charge in [-0.1, -0.05) is 84.9 Å². The first-order valence-corrected chi connectivity index (χ1v) is 10.8. The van der Waals surface area contributed by atoms with E-state index in [0.717, 1.165) is 30.4 Å². The fourth-order valence-corrected chi connectivity index (χ4v) is 4.78. The predicted molar refractivity (Wildman–Crippen MR) is 119 cm³/mol. The Hall–Kier alpha value is -3.60. The minimum absolute atomic E-state index is 0.0477. The first-order valence-electron chi connectivity index (χ1n) is 10.8. The molecule has 3 aromatic carbocycles.